The van der Waals surface area contributed by atoms with Gasteiger partial charge in [-0.1, -0.05) is 135 Å². The van der Waals surface area contributed by atoms with E-state index < -0.39 is 28.1 Å². The second-order valence-electron chi connectivity index (χ2n) is 17.3. The average Bonchev–Trinajstić information content (AvgIpc) is 3.84. The van der Waals surface area contributed by atoms with Crippen molar-refractivity contribution in [1.29, 1.82) is 0 Å². The van der Waals surface area contributed by atoms with E-state index in [9.17, 15) is 4.79 Å². The molecule has 0 bridgehead atoms. The van der Waals surface area contributed by atoms with Crippen molar-refractivity contribution in [1.82, 2.24) is 25.1 Å². The zero-order valence-corrected chi connectivity index (χ0v) is 51.6. The number of carbonyl (C=O) groups excluding carboxylic acids is 1. The summed E-state index contributed by atoms with van der Waals surface area (Å²) in [5, 5.41) is 9.23. The summed E-state index contributed by atoms with van der Waals surface area (Å²) in [5.74, 6) is 0.382. The number of nitrogens with zero attached hydrogens (tertiary/aromatic N) is 5. The Morgan fingerprint density at radius 1 is 0.577 bits per heavy atom. The van der Waals surface area contributed by atoms with E-state index >= 15 is 0 Å². The first-order chi connectivity index (χ1) is 34.2. The Morgan fingerprint density at radius 3 is 1.62 bits per heavy atom. The van der Waals surface area contributed by atoms with Crippen LogP contribution in [-0.4, -0.2) is 47.0 Å². The molecule has 3 aromatic carbocycles. The van der Waals surface area contributed by atoms with Crippen LogP contribution in [0.1, 0.15) is 27.7 Å². The van der Waals surface area contributed by atoms with Crippen molar-refractivity contribution >= 4 is 185 Å². The van der Waals surface area contributed by atoms with Crippen LogP contribution in [0.15, 0.2) is 144 Å². The zero-order valence-electron chi connectivity index (χ0n) is 38.9. The van der Waals surface area contributed by atoms with Gasteiger partial charge in [0.05, 0.1) is 62.0 Å². The number of fused-ring (bicyclic) bond motifs is 4. The molecular weight excluding hydrogens is 1170 g/mol. The van der Waals surface area contributed by atoms with Crippen molar-refractivity contribution < 1.29 is 9.32 Å². The minimum atomic E-state index is -1.68. The molecule has 0 spiro atoms. The SMILES string of the molecule is C[Si](C)(C)c1cc(-c2ccccn2)nc2c1C=CC(C(=O)c1ccccc1)C2N.C[Si](C)(C)c1cc(-c2ccccn2)nc2c1ccc1c(-c3ccccc3)onc12.S=S=S=S=S=S.S=S=S=S=S=S=S. The van der Waals surface area contributed by atoms with Gasteiger partial charge in [-0.3, -0.25) is 14.8 Å². The van der Waals surface area contributed by atoms with Gasteiger partial charge < -0.3 is 10.3 Å². The zero-order chi connectivity index (χ0) is 51.0. The number of hydrogen-bond donors (Lipinski definition) is 1. The van der Waals surface area contributed by atoms with Gasteiger partial charge in [-0.2, -0.15) is 0 Å². The molecule has 2 atom stereocenters. The number of carbonyl (C=O) groups is 1. The summed E-state index contributed by atoms with van der Waals surface area (Å²) in [6.07, 6.45) is 7.58. The summed E-state index contributed by atoms with van der Waals surface area (Å²) in [4.78, 5) is 32.0. The molecular formula is C48H46N6O2S13Si2. The molecule has 9 rings (SSSR count). The molecule has 0 aliphatic heterocycles. The van der Waals surface area contributed by atoms with Gasteiger partial charge in [-0.25, -0.2) is 9.97 Å². The van der Waals surface area contributed by atoms with Gasteiger partial charge >= 0.3 is 0 Å². The van der Waals surface area contributed by atoms with Crippen LogP contribution in [0.2, 0.25) is 39.3 Å². The molecule has 8 nitrogen and oxygen atoms in total. The number of ketones is 1. The van der Waals surface area contributed by atoms with Gasteiger partial charge in [0.1, 0.15) is 11.0 Å². The van der Waals surface area contributed by atoms with E-state index in [1.54, 1.807) is 39.0 Å². The number of benzene rings is 3. The van der Waals surface area contributed by atoms with Crippen LogP contribution in [0.5, 0.6) is 0 Å². The smallest absolute Gasteiger partial charge is 0.174 e. The van der Waals surface area contributed by atoms with Gasteiger partial charge in [-0.15, -0.1) is 0 Å². The first-order valence-electron chi connectivity index (χ1n) is 21.4. The van der Waals surface area contributed by atoms with E-state index in [-0.39, 0.29) is 5.78 Å². The molecule has 5 aromatic heterocycles. The molecule has 8 aromatic rings. The molecule has 71 heavy (non-hydrogen) atoms. The highest BCUT2D eigenvalue weighted by Crippen LogP contribution is 2.35. The summed E-state index contributed by atoms with van der Waals surface area (Å²) in [6, 6.07) is 39.3. The Hall–Kier alpha value is -3.35. The summed E-state index contributed by atoms with van der Waals surface area (Å²) < 4.78 is 5.79. The number of nitrogens with two attached hydrogens (primary N) is 1. The van der Waals surface area contributed by atoms with Crippen LogP contribution in [0.25, 0.3) is 62.0 Å². The van der Waals surface area contributed by atoms with Crippen LogP contribution in [0.4, 0.5) is 0 Å². The molecule has 0 radical (unpaired) electrons. The quantitative estimate of drug-likeness (QED) is 0.121. The lowest BCUT2D eigenvalue weighted by Gasteiger charge is -2.30. The number of Topliss-reactive ketones (excluding diaryl/α,β-unsaturated/α-hetero) is 1. The second kappa shape index (κ2) is 27.8. The van der Waals surface area contributed by atoms with Crippen molar-refractivity contribution in [2.24, 2.45) is 11.7 Å². The number of rotatable bonds is 7. The van der Waals surface area contributed by atoms with Crippen molar-refractivity contribution in [2.75, 3.05) is 0 Å². The normalized spacial score (nSPS) is 13.5. The highest BCUT2D eigenvalue weighted by molar-refractivity contribution is 8.68. The maximum Gasteiger partial charge on any atom is 0.174 e. The van der Waals surface area contributed by atoms with E-state index in [0.717, 1.165) is 67.2 Å². The predicted molar refractivity (Wildman–Crippen MR) is 337 cm³/mol. The van der Waals surface area contributed by atoms with Crippen LogP contribution in [-0.2, 0) is 125 Å². The fourth-order valence-corrected chi connectivity index (χ4v) is 24.5. The molecule has 1 aliphatic rings. The highest BCUT2D eigenvalue weighted by Gasteiger charge is 2.34. The minimum absolute atomic E-state index is 0.0274. The summed E-state index contributed by atoms with van der Waals surface area (Å²) in [7, 11) is 9.69. The number of aromatic nitrogens is 5. The molecule has 366 valence electrons. The second-order valence-corrected chi connectivity index (χ2v) is 43.3. The minimum Gasteiger partial charge on any atom is -0.355 e. The summed E-state index contributed by atoms with van der Waals surface area (Å²) in [6.45, 7) is 14.0. The fraction of sp³-hybridized carbons (Fsp3) is 0.167. The predicted octanol–water partition coefficient (Wildman–Crippen LogP) is 9.83. The highest BCUT2D eigenvalue weighted by atomic mass is 33.4. The third-order valence-corrected chi connectivity index (χ3v) is 30.4. The van der Waals surface area contributed by atoms with Gasteiger partial charge in [0, 0.05) is 154 Å². The third-order valence-electron chi connectivity index (χ3n) is 10.8. The molecule has 5 heterocycles. The van der Waals surface area contributed by atoms with Crippen molar-refractivity contribution in [3.8, 4) is 34.1 Å². The monoisotopic (exact) mass is 1210 g/mol. The van der Waals surface area contributed by atoms with Crippen LogP contribution < -0.4 is 16.1 Å². The Kier molecular flexibility index (Phi) is 22.3. The van der Waals surface area contributed by atoms with E-state index in [4.69, 9.17) is 20.2 Å². The van der Waals surface area contributed by atoms with Crippen LogP contribution in [0.3, 0.4) is 0 Å². The van der Waals surface area contributed by atoms with E-state index in [0.29, 0.717) is 5.56 Å². The topological polar surface area (TPSA) is 121 Å². The summed E-state index contributed by atoms with van der Waals surface area (Å²) in [5.41, 5.74) is 15.3. The maximum atomic E-state index is 13.1. The molecule has 0 saturated carbocycles. The van der Waals surface area contributed by atoms with E-state index in [2.05, 4.69) is 123 Å². The Morgan fingerprint density at radius 2 is 1.08 bits per heavy atom. The molecule has 23 heteroatoms. The Bertz CT molecular complexity index is 3580. The van der Waals surface area contributed by atoms with E-state index in [1.165, 1.54) is 63.7 Å². The van der Waals surface area contributed by atoms with Crippen molar-refractivity contribution in [3.05, 3.63) is 157 Å². The molecule has 0 fully saturated rings. The maximum absolute atomic E-state index is 13.1. The first kappa shape index (κ1) is 56.9. The van der Waals surface area contributed by atoms with Gasteiger partial charge in [-0.05, 0) is 58.4 Å². The van der Waals surface area contributed by atoms with Crippen molar-refractivity contribution in [2.45, 2.75) is 45.3 Å². The lowest BCUT2D eigenvalue weighted by molar-refractivity contribution is 0.0929. The largest absolute Gasteiger partial charge is 0.355 e. The lowest BCUT2D eigenvalue weighted by Crippen LogP contribution is -2.42. The lowest BCUT2D eigenvalue weighted by atomic mass is 9.83. The molecule has 1 aliphatic carbocycles. The van der Waals surface area contributed by atoms with Gasteiger partial charge in [0.2, 0.25) is 0 Å². The van der Waals surface area contributed by atoms with Crippen LogP contribution in [0, 0.1) is 5.92 Å². The fourth-order valence-electron chi connectivity index (χ4n) is 7.62. The van der Waals surface area contributed by atoms with E-state index in [1.807, 2.05) is 109 Å². The standard InChI is InChI=1S/C24H21N3OSi.C24H25N3OSi.S7.S6/c1-29(2,3)21-15-20(19-11-7-8-14-25-19)26-22-17(21)12-13-18-23(22)27-28-24(18)16-9-5-4-6-10-16;1-29(2,3)21-15-20(19-11-7-8-14-26-19)27-23-17(21)12-13-18(22(23)25)24(28)16-9-5-4-6-10-16;1-3-5-7-6-4-2;1-3-5-6-4-2/h4-15H,1-3H3;4-15,18,22H,25H2,1-3H3;;. The molecule has 0 amide bonds. The average molecular weight is 1210 g/mol. The van der Waals surface area contributed by atoms with Crippen molar-refractivity contribution in [3.63, 3.8) is 0 Å². The molecule has 2 unspecified atom stereocenters. The van der Waals surface area contributed by atoms with Gasteiger partial charge in [0.25, 0.3) is 0 Å². The van der Waals surface area contributed by atoms with Gasteiger partial charge in [0.15, 0.2) is 11.5 Å². The summed E-state index contributed by atoms with van der Waals surface area (Å²) >= 11 is 18.2. The molecule has 0 saturated heterocycles. The number of hydrogen-bond acceptors (Lipinski definition) is 12. The Balaban J connectivity index is 0.000000187. The Labute approximate surface area is 461 Å². The molecule has 2 N–H and O–H groups in total. The van der Waals surface area contributed by atoms with Crippen LogP contribution >= 0.6 is 0 Å². The first-order valence-corrected chi connectivity index (χ1v) is 43.1. The number of pyridine rings is 4. The third kappa shape index (κ3) is 15.4.